The van der Waals surface area contributed by atoms with Crippen LogP contribution in [0.25, 0.3) is 11.3 Å². The number of fused-ring (bicyclic) bond motifs is 3. The molecule has 10 heteroatoms. The highest BCUT2D eigenvalue weighted by molar-refractivity contribution is 6.39. The summed E-state index contributed by atoms with van der Waals surface area (Å²) in [7, 11) is 1.54. The first kappa shape index (κ1) is 21.2. The van der Waals surface area contributed by atoms with Crippen LogP contribution in [0.15, 0.2) is 12.3 Å². The maximum atomic E-state index is 12.6. The van der Waals surface area contributed by atoms with Crippen molar-refractivity contribution in [1.82, 2.24) is 20.1 Å². The molecular weight excluding hydrogens is 434 g/mol. The molecule has 0 radical (unpaired) electrons. The summed E-state index contributed by atoms with van der Waals surface area (Å²) in [6, 6.07) is 4.88. The highest BCUT2D eigenvalue weighted by Gasteiger charge is 2.57. The van der Waals surface area contributed by atoms with Crippen molar-refractivity contribution in [3.8, 4) is 17.3 Å². The van der Waals surface area contributed by atoms with Gasteiger partial charge in [0.05, 0.1) is 29.8 Å². The number of anilines is 2. The van der Waals surface area contributed by atoms with Crippen molar-refractivity contribution in [2.24, 2.45) is 23.2 Å². The molecular formula is C24H29N7O3. The number of nitrogens with zero attached hydrogens (tertiary/aromatic N) is 3. The van der Waals surface area contributed by atoms with Gasteiger partial charge in [0.1, 0.15) is 5.82 Å². The minimum atomic E-state index is -0.739. The van der Waals surface area contributed by atoms with Crippen molar-refractivity contribution in [3.05, 3.63) is 17.8 Å². The number of ether oxygens (including phenoxy) is 1. The zero-order chi connectivity index (χ0) is 23.4. The first-order valence-corrected chi connectivity index (χ1v) is 12.0. The first-order chi connectivity index (χ1) is 16.5. The Morgan fingerprint density at radius 2 is 2.09 bits per heavy atom. The topological polar surface area (TPSA) is 137 Å². The van der Waals surface area contributed by atoms with E-state index in [1.54, 1.807) is 0 Å². The monoisotopic (exact) mass is 463 g/mol. The third-order valence-electron chi connectivity index (χ3n) is 8.23. The summed E-state index contributed by atoms with van der Waals surface area (Å²) in [4.78, 5) is 28.1. The summed E-state index contributed by atoms with van der Waals surface area (Å²) in [6.07, 6.45) is 7.01. The number of hydrogen-bond donors (Lipinski definition) is 4. The summed E-state index contributed by atoms with van der Waals surface area (Å²) in [6.45, 7) is 1.09. The Morgan fingerprint density at radius 1 is 1.29 bits per heavy atom. The van der Waals surface area contributed by atoms with E-state index >= 15 is 0 Å². The minimum absolute atomic E-state index is 0.182. The SMILES string of the molecule is COCCNC(=O)C(=O)Nc1nn(C2C3CC4CC2CC(C#N)(C4)C3)c2c1CNc1[nH]ccc1-2. The molecule has 10 nitrogen and oxygen atoms in total. The summed E-state index contributed by atoms with van der Waals surface area (Å²) < 4.78 is 7.04. The average molecular weight is 464 g/mol. The van der Waals surface area contributed by atoms with Crippen molar-refractivity contribution in [1.29, 1.82) is 5.26 Å². The van der Waals surface area contributed by atoms with Gasteiger partial charge in [-0.05, 0) is 55.9 Å². The second-order valence-electron chi connectivity index (χ2n) is 10.3. The molecule has 7 rings (SSSR count). The van der Waals surface area contributed by atoms with Crippen molar-refractivity contribution in [2.75, 3.05) is 30.9 Å². The lowest BCUT2D eigenvalue weighted by atomic mass is 9.48. The number of aromatic amines is 1. The van der Waals surface area contributed by atoms with Gasteiger partial charge in [0.25, 0.3) is 0 Å². The number of aromatic nitrogens is 3. The lowest BCUT2D eigenvalue weighted by molar-refractivity contribution is -0.136. The Morgan fingerprint density at radius 3 is 2.82 bits per heavy atom. The van der Waals surface area contributed by atoms with Gasteiger partial charge in [-0.15, -0.1) is 0 Å². The Hall–Kier alpha value is -3.32. The van der Waals surface area contributed by atoms with E-state index in [4.69, 9.17) is 9.84 Å². The van der Waals surface area contributed by atoms with E-state index in [0.717, 1.165) is 54.7 Å². The van der Waals surface area contributed by atoms with Crippen molar-refractivity contribution >= 4 is 23.5 Å². The Balaban J connectivity index is 1.36. The lowest BCUT2D eigenvalue weighted by Gasteiger charge is -2.57. The van der Waals surface area contributed by atoms with Crippen LogP contribution in [0.2, 0.25) is 0 Å². The number of carbonyl (C=O) groups is 2. The third-order valence-corrected chi connectivity index (χ3v) is 8.23. The molecule has 0 saturated heterocycles. The minimum Gasteiger partial charge on any atom is -0.383 e. The molecule has 2 aromatic heterocycles. The first-order valence-electron chi connectivity index (χ1n) is 12.0. The van der Waals surface area contributed by atoms with E-state index in [-0.39, 0.29) is 18.0 Å². The molecule has 4 saturated carbocycles. The fourth-order valence-electron chi connectivity index (χ4n) is 7.17. The predicted octanol–water partition coefficient (Wildman–Crippen LogP) is 2.40. The number of amides is 2. The molecule has 4 bridgehead atoms. The van der Waals surface area contributed by atoms with Crippen LogP contribution in [0.3, 0.4) is 0 Å². The molecule has 2 atom stereocenters. The average Bonchev–Trinajstić information content (AvgIpc) is 3.43. The molecule has 2 aromatic rings. The number of methoxy groups -OCH3 is 1. The van der Waals surface area contributed by atoms with Crippen LogP contribution in [0.1, 0.15) is 43.7 Å². The van der Waals surface area contributed by atoms with Gasteiger partial charge in [-0.1, -0.05) is 0 Å². The van der Waals surface area contributed by atoms with Crippen LogP contribution in [0.5, 0.6) is 0 Å². The fourth-order valence-corrected chi connectivity index (χ4v) is 7.17. The summed E-state index contributed by atoms with van der Waals surface area (Å²) >= 11 is 0. The van der Waals surface area contributed by atoms with Gasteiger partial charge in [0, 0.05) is 37.5 Å². The Labute approximate surface area is 197 Å². The summed E-state index contributed by atoms with van der Waals surface area (Å²) in [5.74, 6) is 1.32. The maximum Gasteiger partial charge on any atom is 0.314 e. The van der Waals surface area contributed by atoms with Crippen LogP contribution in [0.4, 0.5) is 11.6 Å². The molecule has 34 heavy (non-hydrogen) atoms. The summed E-state index contributed by atoms with van der Waals surface area (Å²) in [5, 5.41) is 23.5. The number of rotatable bonds is 5. The van der Waals surface area contributed by atoms with Gasteiger partial charge in [-0.25, -0.2) is 0 Å². The van der Waals surface area contributed by atoms with E-state index in [1.165, 1.54) is 7.11 Å². The molecule has 4 aliphatic carbocycles. The number of nitrogens with one attached hydrogen (secondary N) is 4. The second kappa shape index (κ2) is 7.87. The van der Waals surface area contributed by atoms with E-state index in [9.17, 15) is 14.9 Å². The molecule has 0 aromatic carbocycles. The van der Waals surface area contributed by atoms with Crippen LogP contribution in [-0.4, -0.2) is 46.8 Å². The van der Waals surface area contributed by atoms with Crippen LogP contribution < -0.4 is 16.0 Å². The largest absolute Gasteiger partial charge is 0.383 e. The molecule has 178 valence electrons. The normalized spacial score (nSPS) is 30.1. The standard InChI is InChI=1S/C24H29N7O3/c1-34-5-4-27-22(32)23(33)29-21-17-11-28-20-16(2-3-26-20)19(17)31(30-21)18-14-6-13-7-15(18)10-24(8-13,9-14)12-25/h2-3,13-15,18,26,28H,4-11H2,1H3,(H,27,32)(H,29,30,33). The molecule has 1 aliphatic heterocycles. The molecule has 2 amide bonds. The van der Waals surface area contributed by atoms with Gasteiger partial charge < -0.3 is 25.7 Å². The van der Waals surface area contributed by atoms with Gasteiger partial charge in [-0.2, -0.15) is 10.4 Å². The molecule has 4 N–H and O–H groups in total. The van der Waals surface area contributed by atoms with Crippen LogP contribution >= 0.6 is 0 Å². The molecule has 4 fully saturated rings. The maximum absolute atomic E-state index is 12.6. The van der Waals surface area contributed by atoms with Gasteiger partial charge in [-0.3, -0.25) is 14.3 Å². The van der Waals surface area contributed by atoms with E-state index in [1.807, 2.05) is 12.3 Å². The van der Waals surface area contributed by atoms with E-state index < -0.39 is 11.8 Å². The quantitative estimate of drug-likeness (QED) is 0.397. The predicted molar refractivity (Wildman–Crippen MR) is 123 cm³/mol. The van der Waals surface area contributed by atoms with E-state index in [2.05, 4.69) is 31.7 Å². The summed E-state index contributed by atoms with van der Waals surface area (Å²) in [5.41, 5.74) is 2.71. The molecule has 2 unspecified atom stereocenters. The molecule has 5 aliphatic rings. The Kier molecular flexibility index (Phi) is 4.92. The van der Waals surface area contributed by atoms with Gasteiger partial charge in [0.15, 0.2) is 5.82 Å². The second-order valence-corrected chi connectivity index (χ2v) is 10.3. The number of nitriles is 1. The molecule has 0 spiro atoms. The number of hydrogen-bond acceptors (Lipinski definition) is 6. The number of H-pyrrole nitrogens is 1. The van der Waals surface area contributed by atoms with Gasteiger partial charge in [0.2, 0.25) is 0 Å². The smallest absolute Gasteiger partial charge is 0.314 e. The number of carbonyl (C=O) groups excluding carboxylic acids is 2. The zero-order valence-corrected chi connectivity index (χ0v) is 19.2. The third kappa shape index (κ3) is 3.21. The zero-order valence-electron chi connectivity index (χ0n) is 19.2. The van der Waals surface area contributed by atoms with Crippen LogP contribution in [0, 0.1) is 34.5 Å². The van der Waals surface area contributed by atoms with Gasteiger partial charge >= 0.3 is 11.8 Å². The highest BCUT2D eigenvalue weighted by Crippen LogP contribution is 2.64. The van der Waals surface area contributed by atoms with Crippen molar-refractivity contribution in [2.45, 2.75) is 44.7 Å². The highest BCUT2D eigenvalue weighted by atomic mass is 16.5. The van der Waals surface area contributed by atoms with Crippen molar-refractivity contribution < 1.29 is 14.3 Å². The van der Waals surface area contributed by atoms with E-state index in [0.29, 0.717) is 36.7 Å². The Bertz CT molecular complexity index is 1180. The lowest BCUT2D eigenvalue weighted by Crippen LogP contribution is -2.51. The fraction of sp³-hybridized carbons (Fsp3) is 0.583. The molecule has 3 heterocycles. The van der Waals surface area contributed by atoms with Crippen LogP contribution in [-0.2, 0) is 20.9 Å². The van der Waals surface area contributed by atoms with Crippen molar-refractivity contribution in [3.63, 3.8) is 0 Å².